The summed E-state index contributed by atoms with van der Waals surface area (Å²) in [6.45, 7) is 3.58. The number of nitrogens with one attached hydrogen (secondary N) is 2. The predicted molar refractivity (Wildman–Crippen MR) is 91.8 cm³/mol. The third-order valence-corrected chi connectivity index (χ3v) is 4.46. The van der Waals surface area contributed by atoms with Crippen LogP contribution in [0.2, 0.25) is 0 Å². The normalized spacial score (nSPS) is 18.7. The number of hydrogen-bond acceptors (Lipinski definition) is 4. The molecule has 0 bridgehead atoms. The molecule has 7 nitrogen and oxygen atoms in total. The van der Waals surface area contributed by atoms with Crippen LogP contribution < -0.4 is 5.32 Å². The number of likely N-dealkylation sites (tertiary alicyclic amines) is 1. The van der Waals surface area contributed by atoms with Gasteiger partial charge in [-0.05, 0) is 19.4 Å². The summed E-state index contributed by atoms with van der Waals surface area (Å²) in [6, 6.07) is 0.180. The Morgan fingerprint density at radius 3 is 3.12 bits per heavy atom. The molecule has 1 aliphatic rings. The van der Waals surface area contributed by atoms with Gasteiger partial charge < -0.3 is 15.0 Å². The molecule has 2 aromatic heterocycles. The van der Waals surface area contributed by atoms with E-state index in [-0.39, 0.29) is 11.9 Å². The number of hydrogen-bond donors (Lipinski definition) is 2. The lowest BCUT2D eigenvalue weighted by Crippen LogP contribution is -2.48. The zero-order valence-electron chi connectivity index (χ0n) is 14.3. The number of carbonyl (C=O) groups is 1. The van der Waals surface area contributed by atoms with Crippen LogP contribution in [-0.2, 0) is 11.8 Å². The number of aromatic nitrogens is 3. The van der Waals surface area contributed by atoms with Crippen molar-refractivity contribution in [3.05, 3.63) is 30.4 Å². The van der Waals surface area contributed by atoms with Gasteiger partial charge in [0.2, 0.25) is 0 Å². The number of rotatable bonds is 6. The zero-order chi connectivity index (χ0) is 16.9. The van der Waals surface area contributed by atoms with Gasteiger partial charge in [-0.2, -0.15) is 5.10 Å². The molecule has 130 valence electrons. The number of amides is 1. The molecule has 3 heterocycles. The van der Waals surface area contributed by atoms with Crippen LogP contribution in [0.3, 0.4) is 0 Å². The van der Waals surface area contributed by atoms with Crippen molar-refractivity contribution in [3.63, 3.8) is 0 Å². The molecule has 2 aromatic rings. The Kier molecular flexibility index (Phi) is 5.32. The van der Waals surface area contributed by atoms with Gasteiger partial charge in [0.25, 0.3) is 5.91 Å². The van der Waals surface area contributed by atoms with Crippen LogP contribution in [0.5, 0.6) is 0 Å². The van der Waals surface area contributed by atoms with Crippen LogP contribution in [0, 0.1) is 0 Å². The maximum absolute atomic E-state index is 12.7. The Morgan fingerprint density at radius 2 is 2.38 bits per heavy atom. The van der Waals surface area contributed by atoms with E-state index in [1.54, 1.807) is 24.2 Å². The summed E-state index contributed by atoms with van der Waals surface area (Å²) < 4.78 is 6.88. The Labute approximate surface area is 142 Å². The second-order valence-electron chi connectivity index (χ2n) is 6.29. The monoisotopic (exact) mass is 331 g/mol. The highest BCUT2D eigenvalue weighted by Crippen LogP contribution is 2.23. The average Bonchev–Trinajstić information content (AvgIpc) is 3.21. The topological polar surface area (TPSA) is 75.2 Å². The van der Waals surface area contributed by atoms with Gasteiger partial charge in [0, 0.05) is 63.0 Å². The first kappa shape index (κ1) is 16.7. The first-order valence-electron chi connectivity index (χ1n) is 8.35. The molecule has 2 N–H and O–H groups in total. The minimum Gasteiger partial charge on any atom is -0.383 e. The number of aromatic amines is 1. The molecule has 1 fully saturated rings. The standard InChI is InChI=1S/C17H25N5O2/c1-21-11-13(8-19-21)15-9-18-10-16(15)17(23)20-14-4-3-5-22(12-14)6-7-24-2/h8-11,14,18H,3-7,12H2,1-2H3,(H,20,23). The molecule has 0 aromatic carbocycles. The number of methoxy groups -OCH3 is 1. The van der Waals surface area contributed by atoms with Crippen molar-refractivity contribution in [1.82, 2.24) is 25.0 Å². The third kappa shape index (κ3) is 3.85. The Balaban J connectivity index is 1.64. The third-order valence-electron chi connectivity index (χ3n) is 4.46. The van der Waals surface area contributed by atoms with E-state index in [0.29, 0.717) is 5.56 Å². The van der Waals surface area contributed by atoms with Crippen LogP contribution in [0.15, 0.2) is 24.8 Å². The number of H-pyrrole nitrogens is 1. The minimum atomic E-state index is -0.0336. The zero-order valence-corrected chi connectivity index (χ0v) is 14.3. The summed E-state index contributed by atoms with van der Waals surface area (Å²) >= 11 is 0. The van der Waals surface area contributed by atoms with Gasteiger partial charge in [0.15, 0.2) is 0 Å². The lowest BCUT2D eigenvalue weighted by Gasteiger charge is -2.32. The van der Waals surface area contributed by atoms with E-state index in [1.807, 2.05) is 19.4 Å². The first-order chi connectivity index (χ1) is 11.7. The van der Waals surface area contributed by atoms with Gasteiger partial charge in [-0.15, -0.1) is 0 Å². The summed E-state index contributed by atoms with van der Waals surface area (Å²) in [5.41, 5.74) is 2.49. The van der Waals surface area contributed by atoms with E-state index in [2.05, 4.69) is 20.3 Å². The quantitative estimate of drug-likeness (QED) is 0.835. The summed E-state index contributed by atoms with van der Waals surface area (Å²) in [4.78, 5) is 18.1. The Bertz CT molecular complexity index is 678. The highest BCUT2D eigenvalue weighted by molar-refractivity contribution is 6.00. The number of ether oxygens (including phenoxy) is 1. The molecule has 7 heteroatoms. The highest BCUT2D eigenvalue weighted by Gasteiger charge is 2.23. The van der Waals surface area contributed by atoms with Crippen LogP contribution in [-0.4, -0.2) is 65.0 Å². The lowest BCUT2D eigenvalue weighted by molar-refractivity contribution is 0.0879. The fourth-order valence-corrected chi connectivity index (χ4v) is 3.21. The van der Waals surface area contributed by atoms with E-state index in [9.17, 15) is 4.79 Å². The minimum absolute atomic E-state index is 0.0336. The highest BCUT2D eigenvalue weighted by atomic mass is 16.5. The van der Waals surface area contributed by atoms with Gasteiger partial charge in [0.1, 0.15) is 0 Å². The van der Waals surface area contributed by atoms with Gasteiger partial charge >= 0.3 is 0 Å². The summed E-state index contributed by atoms with van der Waals surface area (Å²) in [5.74, 6) is -0.0336. The second-order valence-corrected chi connectivity index (χ2v) is 6.29. The van der Waals surface area contributed by atoms with Crippen molar-refractivity contribution in [3.8, 4) is 11.1 Å². The summed E-state index contributed by atoms with van der Waals surface area (Å²) in [7, 11) is 3.58. The summed E-state index contributed by atoms with van der Waals surface area (Å²) in [6.07, 6.45) is 9.39. The predicted octanol–water partition coefficient (Wildman–Crippen LogP) is 1.26. The van der Waals surface area contributed by atoms with E-state index in [4.69, 9.17) is 4.74 Å². The number of piperidine rings is 1. The molecule has 0 radical (unpaired) electrons. The maximum atomic E-state index is 12.7. The van der Waals surface area contributed by atoms with Gasteiger partial charge in [-0.1, -0.05) is 0 Å². The number of nitrogens with zero attached hydrogens (tertiary/aromatic N) is 3. The SMILES string of the molecule is COCCN1CCCC(NC(=O)c2c[nH]cc2-c2cnn(C)c2)C1. The van der Waals surface area contributed by atoms with Crippen LogP contribution in [0.1, 0.15) is 23.2 Å². The van der Waals surface area contributed by atoms with E-state index >= 15 is 0 Å². The molecule has 1 atom stereocenters. The van der Waals surface area contributed by atoms with Crippen molar-refractivity contribution in [1.29, 1.82) is 0 Å². The Hall–Kier alpha value is -2.12. The first-order valence-corrected chi connectivity index (χ1v) is 8.35. The van der Waals surface area contributed by atoms with E-state index < -0.39 is 0 Å². The van der Waals surface area contributed by atoms with Crippen molar-refractivity contribution in [2.24, 2.45) is 7.05 Å². The second kappa shape index (κ2) is 7.63. The maximum Gasteiger partial charge on any atom is 0.253 e. The number of carbonyl (C=O) groups excluding carboxylic acids is 1. The molecule has 1 amide bonds. The van der Waals surface area contributed by atoms with Crippen LogP contribution in [0.4, 0.5) is 0 Å². The van der Waals surface area contributed by atoms with E-state index in [0.717, 1.165) is 50.2 Å². The Morgan fingerprint density at radius 1 is 1.50 bits per heavy atom. The molecule has 1 aliphatic heterocycles. The van der Waals surface area contributed by atoms with Gasteiger partial charge in [-0.3, -0.25) is 14.4 Å². The molecule has 3 rings (SSSR count). The van der Waals surface area contributed by atoms with Crippen LogP contribution in [0.25, 0.3) is 11.1 Å². The van der Waals surface area contributed by atoms with E-state index in [1.165, 1.54) is 0 Å². The van der Waals surface area contributed by atoms with Crippen molar-refractivity contribution in [2.45, 2.75) is 18.9 Å². The lowest BCUT2D eigenvalue weighted by atomic mass is 10.0. The largest absolute Gasteiger partial charge is 0.383 e. The molecule has 1 unspecified atom stereocenters. The molecular weight excluding hydrogens is 306 g/mol. The average molecular weight is 331 g/mol. The molecule has 0 spiro atoms. The molecule has 0 aliphatic carbocycles. The summed E-state index contributed by atoms with van der Waals surface area (Å²) in [5, 5.41) is 7.36. The van der Waals surface area contributed by atoms with Gasteiger partial charge in [0.05, 0.1) is 18.4 Å². The fraction of sp³-hybridized carbons (Fsp3) is 0.529. The fourth-order valence-electron chi connectivity index (χ4n) is 3.21. The number of aryl methyl sites for hydroxylation is 1. The molecule has 0 saturated carbocycles. The van der Waals surface area contributed by atoms with Crippen molar-refractivity contribution >= 4 is 5.91 Å². The van der Waals surface area contributed by atoms with Crippen molar-refractivity contribution in [2.75, 3.05) is 33.4 Å². The van der Waals surface area contributed by atoms with Crippen molar-refractivity contribution < 1.29 is 9.53 Å². The molecule has 24 heavy (non-hydrogen) atoms. The molecular formula is C17H25N5O2. The smallest absolute Gasteiger partial charge is 0.253 e. The van der Waals surface area contributed by atoms with Gasteiger partial charge in [-0.25, -0.2) is 0 Å². The molecule has 1 saturated heterocycles. The van der Waals surface area contributed by atoms with Crippen LogP contribution >= 0.6 is 0 Å².